The average Bonchev–Trinajstić information content (AvgIpc) is 3.29. The summed E-state index contributed by atoms with van der Waals surface area (Å²) < 4.78 is 19.4. The first-order valence-electron chi connectivity index (χ1n) is 12.6. The number of nitrogens with zero attached hydrogens (tertiary/aromatic N) is 3. The van der Waals surface area contributed by atoms with Crippen LogP contribution in [0.5, 0.6) is 0 Å². The molecule has 3 aromatic rings. The molecule has 0 atom stereocenters. The molecule has 0 spiro atoms. The first kappa shape index (κ1) is 22.6. The molecule has 2 aliphatic carbocycles. The first-order valence-corrected chi connectivity index (χ1v) is 12.6. The van der Waals surface area contributed by atoms with Gasteiger partial charge in [-0.2, -0.15) is 0 Å². The molecular formula is C28H31FN4O2. The van der Waals surface area contributed by atoms with E-state index in [1.165, 1.54) is 24.5 Å². The third-order valence-corrected chi connectivity index (χ3v) is 7.81. The van der Waals surface area contributed by atoms with Gasteiger partial charge in [-0.05, 0) is 66.1 Å². The van der Waals surface area contributed by atoms with Gasteiger partial charge in [-0.1, -0.05) is 18.2 Å². The van der Waals surface area contributed by atoms with Gasteiger partial charge in [0.1, 0.15) is 18.0 Å². The fourth-order valence-electron chi connectivity index (χ4n) is 5.87. The summed E-state index contributed by atoms with van der Waals surface area (Å²) >= 11 is 0. The number of anilines is 1. The number of ether oxygens (including phenoxy) is 1. The molecule has 0 radical (unpaired) electrons. The van der Waals surface area contributed by atoms with Crippen LogP contribution in [0.3, 0.4) is 0 Å². The van der Waals surface area contributed by atoms with Crippen LogP contribution in [0.1, 0.15) is 42.5 Å². The zero-order valence-electron chi connectivity index (χ0n) is 19.8. The number of aliphatic hydroxyl groups is 1. The molecule has 6 rings (SSSR count). The maximum absolute atomic E-state index is 13.9. The highest BCUT2D eigenvalue weighted by Gasteiger charge is 2.29. The van der Waals surface area contributed by atoms with Gasteiger partial charge < -0.3 is 15.2 Å². The van der Waals surface area contributed by atoms with E-state index in [0.717, 1.165) is 79.3 Å². The Morgan fingerprint density at radius 3 is 2.57 bits per heavy atom. The van der Waals surface area contributed by atoms with Crippen LogP contribution in [0, 0.1) is 5.82 Å². The monoisotopic (exact) mass is 474 g/mol. The molecule has 2 aromatic carbocycles. The molecule has 0 unspecified atom stereocenters. The molecule has 6 nitrogen and oxygen atoms in total. The average molecular weight is 475 g/mol. The Balaban J connectivity index is 1.23. The molecule has 2 N–H and O–H groups in total. The van der Waals surface area contributed by atoms with Crippen molar-refractivity contribution in [3.05, 3.63) is 65.4 Å². The van der Waals surface area contributed by atoms with Crippen molar-refractivity contribution in [3.8, 4) is 22.3 Å². The number of aromatic nitrogens is 2. The molecule has 182 valence electrons. The van der Waals surface area contributed by atoms with E-state index in [0.29, 0.717) is 17.6 Å². The van der Waals surface area contributed by atoms with Gasteiger partial charge >= 0.3 is 0 Å². The molecule has 0 bridgehead atoms. The highest BCUT2D eigenvalue weighted by atomic mass is 19.1. The number of rotatable bonds is 5. The van der Waals surface area contributed by atoms with Crippen molar-refractivity contribution in [2.45, 2.75) is 50.8 Å². The molecule has 1 aromatic heterocycles. The summed E-state index contributed by atoms with van der Waals surface area (Å²) in [6.45, 7) is 3.49. The zero-order chi connectivity index (χ0) is 23.8. The standard InChI is InChI=1S/C28H31FN4O2/c29-25-8-3-18(13-21(25)16-34)19-1-2-20-15-26-27(24(20)14-19)28(31-17-30-26)32-22-4-6-23(7-5-22)33-9-11-35-12-10-33/h1-3,8,13-14,17,22-23,34H,4-7,9-12,15-16H2,(H,30,31,32). The fourth-order valence-corrected chi connectivity index (χ4v) is 5.87. The number of halogens is 1. The van der Waals surface area contributed by atoms with Crippen molar-refractivity contribution in [1.29, 1.82) is 0 Å². The van der Waals surface area contributed by atoms with Crippen molar-refractivity contribution in [2.75, 3.05) is 31.6 Å². The summed E-state index contributed by atoms with van der Waals surface area (Å²) in [5.41, 5.74) is 6.69. The van der Waals surface area contributed by atoms with Crippen LogP contribution in [0.4, 0.5) is 10.2 Å². The van der Waals surface area contributed by atoms with E-state index < -0.39 is 0 Å². The summed E-state index contributed by atoms with van der Waals surface area (Å²) in [6, 6.07) is 12.3. The molecule has 1 saturated heterocycles. The topological polar surface area (TPSA) is 70.5 Å². The molecular weight excluding hydrogens is 443 g/mol. The molecule has 1 saturated carbocycles. The summed E-state index contributed by atoms with van der Waals surface area (Å²) in [4.78, 5) is 11.8. The summed E-state index contributed by atoms with van der Waals surface area (Å²) in [5.74, 6) is 0.529. The zero-order valence-corrected chi connectivity index (χ0v) is 19.8. The lowest BCUT2D eigenvalue weighted by atomic mass is 9.89. The van der Waals surface area contributed by atoms with Gasteiger partial charge in [0.05, 0.1) is 25.5 Å². The van der Waals surface area contributed by atoms with Crippen LogP contribution in [-0.2, 0) is 17.8 Å². The lowest BCUT2D eigenvalue weighted by Crippen LogP contribution is -2.46. The van der Waals surface area contributed by atoms with Crippen LogP contribution >= 0.6 is 0 Å². The van der Waals surface area contributed by atoms with E-state index in [1.807, 2.05) is 0 Å². The maximum Gasteiger partial charge on any atom is 0.137 e. The Labute approximate surface area is 205 Å². The van der Waals surface area contributed by atoms with Crippen molar-refractivity contribution in [3.63, 3.8) is 0 Å². The molecule has 7 heteroatoms. The lowest BCUT2D eigenvalue weighted by molar-refractivity contribution is 0.00791. The van der Waals surface area contributed by atoms with Gasteiger partial charge in [-0.25, -0.2) is 14.4 Å². The highest BCUT2D eigenvalue weighted by molar-refractivity contribution is 5.86. The molecule has 1 aliphatic heterocycles. The second kappa shape index (κ2) is 9.64. The van der Waals surface area contributed by atoms with Gasteiger partial charge in [-0.15, -0.1) is 0 Å². The number of morpholine rings is 1. The minimum absolute atomic E-state index is 0.307. The van der Waals surface area contributed by atoms with Crippen molar-refractivity contribution < 1.29 is 14.2 Å². The van der Waals surface area contributed by atoms with E-state index in [1.54, 1.807) is 18.5 Å². The quantitative estimate of drug-likeness (QED) is 0.447. The minimum Gasteiger partial charge on any atom is -0.392 e. The van der Waals surface area contributed by atoms with Crippen LogP contribution in [0.15, 0.2) is 42.7 Å². The lowest BCUT2D eigenvalue weighted by Gasteiger charge is -2.39. The first-order chi connectivity index (χ1) is 17.2. The highest BCUT2D eigenvalue weighted by Crippen LogP contribution is 2.42. The smallest absolute Gasteiger partial charge is 0.137 e. The summed E-state index contributed by atoms with van der Waals surface area (Å²) in [7, 11) is 0. The molecule has 3 aliphatic rings. The number of hydrogen-bond donors (Lipinski definition) is 2. The largest absolute Gasteiger partial charge is 0.392 e. The second-order valence-electron chi connectivity index (χ2n) is 9.86. The number of aliphatic hydroxyl groups excluding tert-OH is 1. The van der Waals surface area contributed by atoms with Gasteiger partial charge in [0.15, 0.2) is 0 Å². The number of benzene rings is 2. The van der Waals surface area contributed by atoms with Crippen molar-refractivity contribution >= 4 is 5.82 Å². The number of nitrogens with one attached hydrogen (secondary N) is 1. The number of fused-ring (bicyclic) bond motifs is 3. The van der Waals surface area contributed by atoms with Crippen LogP contribution in [0.25, 0.3) is 22.3 Å². The summed E-state index contributed by atoms with van der Waals surface area (Å²) in [6.07, 6.45) is 7.12. The van der Waals surface area contributed by atoms with E-state index in [2.05, 4.69) is 38.4 Å². The molecule has 35 heavy (non-hydrogen) atoms. The molecule has 2 heterocycles. The van der Waals surface area contributed by atoms with E-state index in [4.69, 9.17) is 4.74 Å². The Morgan fingerprint density at radius 2 is 1.77 bits per heavy atom. The predicted octanol–water partition coefficient (Wildman–Crippen LogP) is 4.40. The van der Waals surface area contributed by atoms with Crippen LogP contribution in [0.2, 0.25) is 0 Å². The Hall–Kier alpha value is -2.87. The normalized spacial score (nSPS) is 22.0. The van der Waals surface area contributed by atoms with Gasteiger partial charge in [0.25, 0.3) is 0 Å². The van der Waals surface area contributed by atoms with E-state index >= 15 is 0 Å². The van der Waals surface area contributed by atoms with Gasteiger partial charge in [0.2, 0.25) is 0 Å². The van der Waals surface area contributed by atoms with Crippen molar-refractivity contribution in [1.82, 2.24) is 14.9 Å². The Kier molecular flexibility index (Phi) is 6.22. The Bertz CT molecular complexity index is 1220. The summed E-state index contributed by atoms with van der Waals surface area (Å²) in [5, 5.41) is 13.2. The predicted molar refractivity (Wildman–Crippen MR) is 134 cm³/mol. The van der Waals surface area contributed by atoms with Gasteiger partial charge in [0, 0.05) is 42.7 Å². The van der Waals surface area contributed by atoms with Crippen molar-refractivity contribution in [2.24, 2.45) is 0 Å². The van der Waals surface area contributed by atoms with Crippen LogP contribution < -0.4 is 5.32 Å². The SMILES string of the molecule is OCc1cc(-c2ccc3c(c2)-c2c(ncnc2NC2CCC(N4CCOCC4)CC2)C3)ccc1F. The van der Waals surface area contributed by atoms with E-state index in [-0.39, 0.29) is 12.4 Å². The number of hydrogen-bond acceptors (Lipinski definition) is 6. The maximum atomic E-state index is 13.9. The van der Waals surface area contributed by atoms with Crippen LogP contribution in [-0.4, -0.2) is 58.4 Å². The second-order valence-corrected chi connectivity index (χ2v) is 9.86. The van der Waals surface area contributed by atoms with Gasteiger partial charge in [-0.3, -0.25) is 4.90 Å². The minimum atomic E-state index is -0.383. The molecule has 0 amide bonds. The Morgan fingerprint density at radius 1 is 1.00 bits per heavy atom. The third-order valence-electron chi connectivity index (χ3n) is 7.81. The fraction of sp³-hybridized carbons (Fsp3) is 0.429. The van der Waals surface area contributed by atoms with E-state index in [9.17, 15) is 9.50 Å². The molecule has 2 fully saturated rings. The third kappa shape index (κ3) is 4.44.